The second kappa shape index (κ2) is 10.1. The molecule has 28 heavy (non-hydrogen) atoms. The van der Waals surface area contributed by atoms with Gasteiger partial charge in [-0.2, -0.15) is 0 Å². The summed E-state index contributed by atoms with van der Waals surface area (Å²) in [6, 6.07) is 9.66. The van der Waals surface area contributed by atoms with E-state index in [1.807, 2.05) is 12.1 Å². The lowest BCUT2D eigenvalue weighted by atomic mass is 10.1. The number of hydrogen-bond acceptors (Lipinski definition) is 7. The van der Waals surface area contributed by atoms with Gasteiger partial charge >= 0.3 is 0 Å². The Labute approximate surface area is 162 Å². The molecule has 0 fully saturated rings. The van der Waals surface area contributed by atoms with Crippen LogP contribution >= 0.6 is 0 Å². The number of carbonyl (C=O) groups excluding carboxylic acids is 1. The number of nitro groups is 1. The maximum Gasteiger partial charge on any atom is 0.293 e. The van der Waals surface area contributed by atoms with Crippen LogP contribution in [-0.2, 0) is 6.42 Å². The topological polar surface area (TPSA) is 123 Å². The summed E-state index contributed by atoms with van der Waals surface area (Å²) in [6.07, 6.45) is 0.560. The van der Waals surface area contributed by atoms with Gasteiger partial charge in [0.1, 0.15) is 5.69 Å². The first-order valence-corrected chi connectivity index (χ1v) is 8.62. The summed E-state index contributed by atoms with van der Waals surface area (Å²) in [4.78, 5) is 23.0. The van der Waals surface area contributed by atoms with Gasteiger partial charge in [-0.3, -0.25) is 14.9 Å². The van der Waals surface area contributed by atoms with E-state index in [4.69, 9.17) is 14.6 Å². The van der Waals surface area contributed by atoms with Crippen molar-refractivity contribution in [1.29, 1.82) is 0 Å². The van der Waals surface area contributed by atoms with E-state index in [-0.39, 0.29) is 30.1 Å². The summed E-state index contributed by atoms with van der Waals surface area (Å²) in [5.74, 6) is 0.822. The Morgan fingerprint density at radius 3 is 2.50 bits per heavy atom. The first-order valence-electron chi connectivity index (χ1n) is 8.62. The first-order chi connectivity index (χ1) is 13.5. The number of amides is 1. The van der Waals surface area contributed by atoms with Gasteiger partial charge in [-0.15, -0.1) is 0 Å². The summed E-state index contributed by atoms with van der Waals surface area (Å²) in [5.41, 5.74) is 1.17. The summed E-state index contributed by atoms with van der Waals surface area (Å²) in [5, 5.41) is 25.6. The predicted molar refractivity (Wildman–Crippen MR) is 104 cm³/mol. The molecule has 9 heteroatoms. The molecule has 1 amide bonds. The van der Waals surface area contributed by atoms with Crippen molar-refractivity contribution in [2.24, 2.45) is 0 Å². The molecule has 0 aromatic heterocycles. The molecule has 3 N–H and O–H groups in total. The minimum absolute atomic E-state index is 0.157. The third kappa shape index (κ3) is 5.34. The van der Waals surface area contributed by atoms with Gasteiger partial charge in [0.2, 0.25) is 0 Å². The lowest BCUT2D eigenvalue weighted by Gasteiger charge is -2.10. The van der Waals surface area contributed by atoms with Gasteiger partial charge in [-0.05, 0) is 36.2 Å². The molecule has 0 aliphatic carbocycles. The molecule has 0 bridgehead atoms. The number of nitrogens with one attached hydrogen (secondary N) is 2. The van der Waals surface area contributed by atoms with Crippen molar-refractivity contribution in [3.63, 3.8) is 0 Å². The third-order valence-electron chi connectivity index (χ3n) is 4.03. The quantitative estimate of drug-likeness (QED) is 0.419. The van der Waals surface area contributed by atoms with E-state index in [0.717, 1.165) is 5.56 Å². The maximum absolute atomic E-state index is 12.3. The highest BCUT2D eigenvalue weighted by Gasteiger charge is 2.17. The number of rotatable bonds is 10. The number of nitrogens with zero attached hydrogens (tertiary/aromatic N) is 1. The van der Waals surface area contributed by atoms with E-state index < -0.39 is 10.8 Å². The van der Waals surface area contributed by atoms with Gasteiger partial charge in [-0.1, -0.05) is 6.07 Å². The third-order valence-corrected chi connectivity index (χ3v) is 4.03. The van der Waals surface area contributed by atoms with Gasteiger partial charge in [-0.25, -0.2) is 0 Å². The van der Waals surface area contributed by atoms with Crippen LogP contribution in [0.15, 0.2) is 36.4 Å². The van der Waals surface area contributed by atoms with Crippen LogP contribution in [0.25, 0.3) is 0 Å². The molecule has 150 valence electrons. The fraction of sp³-hybridized carbons (Fsp3) is 0.316. The Morgan fingerprint density at radius 1 is 1.11 bits per heavy atom. The number of nitro benzene ring substituents is 1. The van der Waals surface area contributed by atoms with Crippen molar-refractivity contribution >= 4 is 17.3 Å². The SMILES string of the molecule is COc1ccc(CCNC(=O)c2ccc(NCCO)c([N+](=O)[O-])c2)cc1OC. The highest BCUT2D eigenvalue weighted by molar-refractivity contribution is 5.95. The summed E-state index contributed by atoms with van der Waals surface area (Å²) < 4.78 is 10.4. The zero-order valence-corrected chi connectivity index (χ0v) is 15.7. The molecule has 2 aromatic rings. The predicted octanol–water partition coefficient (Wildman–Crippen LogP) is 1.99. The lowest BCUT2D eigenvalue weighted by molar-refractivity contribution is -0.384. The molecule has 0 aliphatic rings. The van der Waals surface area contributed by atoms with Crippen molar-refractivity contribution in [3.8, 4) is 11.5 Å². The van der Waals surface area contributed by atoms with Crippen molar-refractivity contribution < 1.29 is 24.3 Å². The minimum atomic E-state index is -0.569. The Kier molecular flexibility index (Phi) is 7.58. The van der Waals surface area contributed by atoms with Gasteiger partial charge in [0.15, 0.2) is 11.5 Å². The van der Waals surface area contributed by atoms with E-state index in [9.17, 15) is 14.9 Å². The van der Waals surface area contributed by atoms with Crippen LogP contribution in [0.5, 0.6) is 11.5 Å². The van der Waals surface area contributed by atoms with Crippen LogP contribution < -0.4 is 20.1 Å². The lowest BCUT2D eigenvalue weighted by Crippen LogP contribution is -2.25. The zero-order chi connectivity index (χ0) is 20.5. The molecule has 0 saturated carbocycles. The maximum atomic E-state index is 12.3. The van der Waals surface area contributed by atoms with Crippen LogP contribution in [0, 0.1) is 10.1 Å². The van der Waals surface area contributed by atoms with Crippen molar-refractivity contribution in [2.75, 3.05) is 39.2 Å². The number of aliphatic hydroxyl groups is 1. The van der Waals surface area contributed by atoms with Gasteiger partial charge in [0.25, 0.3) is 11.6 Å². The Bertz CT molecular complexity index is 840. The van der Waals surface area contributed by atoms with Crippen molar-refractivity contribution in [1.82, 2.24) is 5.32 Å². The standard InChI is InChI=1S/C19H23N3O6/c1-27-17-6-3-13(11-18(17)28-2)7-8-21-19(24)14-4-5-15(20-9-10-23)16(12-14)22(25)26/h3-6,11-12,20,23H,7-10H2,1-2H3,(H,21,24). The smallest absolute Gasteiger partial charge is 0.293 e. The van der Waals surface area contributed by atoms with E-state index in [2.05, 4.69) is 10.6 Å². The average Bonchev–Trinajstić information content (AvgIpc) is 2.71. The Hall–Kier alpha value is -3.33. The van der Waals surface area contributed by atoms with E-state index in [1.54, 1.807) is 20.3 Å². The molecule has 0 heterocycles. The summed E-state index contributed by atoms with van der Waals surface area (Å²) in [6.45, 7) is 0.375. The van der Waals surface area contributed by atoms with Crippen molar-refractivity contribution in [2.45, 2.75) is 6.42 Å². The van der Waals surface area contributed by atoms with Crippen LogP contribution in [0.2, 0.25) is 0 Å². The fourth-order valence-corrected chi connectivity index (χ4v) is 2.62. The van der Waals surface area contributed by atoms with Crippen molar-refractivity contribution in [3.05, 3.63) is 57.6 Å². The average molecular weight is 389 g/mol. The molecule has 2 aromatic carbocycles. The molecule has 0 spiro atoms. The molecule has 0 saturated heterocycles. The summed E-state index contributed by atoms with van der Waals surface area (Å²) in [7, 11) is 3.11. The number of carbonyl (C=O) groups is 1. The highest BCUT2D eigenvalue weighted by Crippen LogP contribution is 2.28. The fourth-order valence-electron chi connectivity index (χ4n) is 2.62. The molecule has 0 atom stereocenters. The number of ether oxygens (including phenoxy) is 2. The Balaban J connectivity index is 2.01. The van der Waals surface area contributed by atoms with Crippen LogP contribution in [-0.4, -0.2) is 49.9 Å². The normalized spacial score (nSPS) is 10.2. The molecular formula is C19H23N3O6. The van der Waals surface area contributed by atoms with Gasteiger partial charge in [0, 0.05) is 24.7 Å². The largest absolute Gasteiger partial charge is 0.493 e. The molecule has 9 nitrogen and oxygen atoms in total. The second-order valence-electron chi connectivity index (χ2n) is 5.83. The highest BCUT2D eigenvalue weighted by atomic mass is 16.6. The van der Waals surface area contributed by atoms with Crippen LogP contribution in [0.1, 0.15) is 15.9 Å². The number of benzene rings is 2. The monoisotopic (exact) mass is 389 g/mol. The van der Waals surface area contributed by atoms with Gasteiger partial charge < -0.3 is 25.2 Å². The van der Waals surface area contributed by atoms with E-state index in [1.165, 1.54) is 18.2 Å². The Morgan fingerprint density at radius 2 is 1.86 bits per heavy atom. The summed E-state index contributed by atoms with van der Waals surface area (Å²) >= 11 is 0. The number of hydrogen-bond donors (Lipinski definition) is 3. The van der Waals surface area contributed by atoms with E-state index >= 15 is 0 Å². The molecule has 0 radical (unpaired) electrons. The molecule has 2 rings (SSSR count). The number of methoxy groups -OCH3 is 2. The molecule has 0 aliphatic heterocycles. The first kappa shape index (κ1) is 21.0. The number of anilines is 1. The minimum Gasteiger partial charge on any atom is -0.493 e. The van der Waals surface area contributed by atoms with E-state index in [0.29, 0.717) is 24.5 Å². The zero-order valence-electron chi connectivity index (χ0n) is 15.7. The number of aliphatic hydroxyl groups excluding tert-OH is 1. The van der Waals surface area contributed by atoms with Crippen LogP contribution in [0.4, 0.5) is 11.4 Å². The second-order valence-corrected chi connectivity index (χ2v) is 5.83. The van der Waals surface area contributed by atoms with Gasteiger partial charge in [0.05, 0.1) is 25.7 Å². The van der Waals surface area contributed by atoms with Crippen LogP contribution in [0.3, 0.4) is 0 Å². The molecular weight excluding hydrogens is 366 g/mol. The molecule has 0 unspecified atom stereocenters.